The van der Waals surface area contributed by atoms with Crippen LogP contribution in [0.1, 0.15) is 38.1 Å². The first-order valence-corrected chi connectivity index (χ1v) is 10.0. The molecule has 2 heterocycles. The summed E-state index contributed by atoms with van der Waals surface area (Å²) in [5, 5.41) is 11.8. The van der Waals surface area contributed by atoms with Crippen molar-refractivity contribution in [2.24, 2.45) is 12.8 Å². The monoisotopic (exact) mass is 395 g/mol. The Kier molecular flexibility index (Phi) is 5.39. The van der Waals surface area contributed by atoms with Gasteiger partial charge in [0.25, 0.3) is 5.56 Å². The van der Waals surface area contributed by atoms with E-state index in [2.05, 4.69) is 20.5 Å². The van der Waals surface area contributed by atoms with Crippen molar-refractivity contribution in [2.45, 2.75) is 38.1 Å². The second-order valence-electron chi connectivity index (χ2n) is 7.41. The number of anilines is 1. The number of nitrogens with zero attached hydrogens (tertiary/aromatic N) is 5. The number of aromatic nitrogens is 5. The van der Waals surface area contributed by atoms with Crippen LogP contribution in [0.5, 0.6) is 0 Å². The van der Waals surface area contributed by atoms with Crippen LogP contribution in [0.4, 0.5) is 5.69 Å². The highest BCUT2D eigenvalue weighted by Gasteiger charge is 2.24. The Morgan fingerprint density at radius 3 is 2.55 bits per heavy atom. The molecule has 0 aliphatic heterocycles. The van der Waals surface area contributed by atoms with Crippen LogP contribution in [0.25, 0.3) is 22.6 Å². The molecule has 0 amide bonds. The van der Waals surface area contributed by atoms with E-state index >= 15 is 0 Å². The van der Waals surface area contributed by atoms with Gasteiger partial charge in [0, 0.05) is 30.9 Å². The smallest absolute Gasteiger partial charge is 0.332 e. The van der Waals surface area contributed by atoms with E-state index in [-0.39, 0.29) is 22.9 Å². The van der Waals surface area contributed by atoms with Gasteiger partial charge in [-0.3, -0.25) is 13.9 Å². The van der Waals surface area contributed by atoms with Crippen molar-refractivity contribution in [1.82, 2.24) is 24.3 Å². The molecular formula is C20H25N7O2. The molecule has 0 unspecified atom stereocenters. The number of hydrogen-bond donors (Lipinski definition) is 2. The fraction of sp³-hybridized carbons (Fsp3) is 0.450. The molecule has 0 bridgehead atoms. The Morgan fingerprint density at radius 2 is 1.86 bits per heavy atom. The normalized spacial score (nSPS) is 14.6. The highest BCUT2D eigenvalue weighted by molar-refractivity contribution is 5.71. The average Bonchev–Trinajstić information content (AvgIpc) is 3.27. The first kappa shape index (κ1) is 19.3. The van der Waals surface area contributed by atoms with E-state index in [1.165, 1.54) is 7.05 Å². The summed E-state index contributed by atoms with van der Waals surface area (Å²) < 4.78 is 2.71. The third-order valence-corrected chi connectivity index (χ3v) is 5.44. The quantitative estimate of drug-likeness (QED) is 0.606. The van der Waals surface area contributed by atoms with Crippen LogP contribution >= 0.6 is 0 Å². The van der Waals surface area contributed by atoms with Crippen molar-refractivity contribution in [3.05, 3.63) is 45.1 Å². The van der Waals surface area contributed by atoms with Crippen LogP contribution in [0.3, 0.4) is 0 Å². The molecule has 2 aromatic heterocycles. The third-order valence-electron chi connectivity index (χ3n) is 5.44. The van der Waals surface area contributed by atoms with Crippen molar-refractivity contribution in [2.75, 3.05) is 18.4 Å². The Hall–Kier alpha value is -3.07. The number of benzene rings is 1. The lowest BCUT2D eigenvalue weighted by molar-refractivity contribution is 0.486. The summed E-state index contributed by atoms with van der Waals surface area (Å²) >= 11 is 0. The number of fused-ring (bicyclic) bond motifs is 1. The fourth-order valence-corrected chi connectivity index (χ4v) is 3.81. The Balaban J connectivity index is 1.74. The minimum Gasteiger partial charge on any atom is -0.385 e. The van der Waals surface area contributed by atoms with E-state index in [4.69, 9.17) is 5.73 Å². The van der Waals surface area contributed by atoms with Crippen molar-refractivity contribution in [3.8, 4) is 11.4 Å². The van der Waals surface area contributed by atoms with Crippen LogP contribution in [0.2, 0.25) is 0 Å². The molecule has 1 aliphatic carbocycles. The van der Waals surface area contributed by atoms with Crippen molar-refractivity contribution in [1.29, 1.82) is 0 Å². The molecule has 152 valence electrons. The van der Waals surface area contributed by atoms with Gasteiger partial charge in [-0.25, -0.2) is 9.78 Å². The summed E-state index contributed by atoms with van der Waals surface area (Å²) in [4.78, 5) is 29.9. The molecule has 3 N–H and O–H groups in total. The van der Waals surface area contributed by atoms with Crippen LogP contribution in [0, 0.1) is 0 Å². The van der Waals surface area contributed by atoms with Crippen LogP contribution in [0.15, 0.2) is 33.9 Å². The lowest BCUT2D eigenvalue weighted by Gasteiger charge is -2.16. The Bertz CT molecular complexity index is 1130. The first-order chi connectivity index (χ1) is 14.1. The maximum Gasteiger partial charge on any atom is 0.332 e. The number of hydrogen-bond acceptors (Lipinski definition) is 7. The number of nitrogens with two attached hydrogens (primary N) is 1. The van der Waals surface area contributed by atoms with Gasteiger partial charge in [-0.05, 0) is 50.1 Å². The summed E-state index contributed by atoms with van der Waals surface area (Å²) in [6, 6.07) is 7.65. The molecule has 9 nitrogen and oxygen atoms in total. The average molecular weight is 395 g/mol. The Morgan fingerprint density at radius 1 is 1.14 bits per heavy atom. The second-order valence-corrected chi connectivity index (χ2v) is 7.41. The minimum atomic E-state index is -0.449. The molecule has 1 aliphatic rings. The van der Waals surface area contributed by atoms with E-state index < -0.39 is 5.56 Å². The Labute approximate surface area is 167 Å². The second kappa shape index (κ2) is 8.12. The largest absolute Gasteiger partial charge is 0.385 e. The van der Waals surface area contributed by atoms with E-state index in [1.807, 2.05) is 24.3 Å². The zero-order valence-electron chi connectivity index (χ0n) is 16.5. The standard InChI is InChI=1S/C20H25N7O2/c1-26-19(28)16-18(27(20(26)29)15-5-2-3-6-15)25-24-17(23-16)13-7-9-14(10-8-13)22-12-4-11-21/h7-10,15,22H,2-6,11-12,21H2,1H3. The predicted octanol–water partition coefficient (Wildman–Crippen LogP) is 1.43. The lowest BCUT2D eigenvalue weighted by Crippen LogP contribution is -2.40. The third kappa shape index (κ3) is 3.65. The van der Waals surface area contributed by atoms with Gasteiger partial charge in [-0.2, -0.15) is 0 Å². The SMILES string of the molecule is Cn1c(=O)c2nc(-c3ccc(NCCCN)cc3)nnc2n(C2CCCC2)c1=O. The van der Waals surface area contributed by atoms with Crippen molar-refractivity contribution < 1.29 is 0 Å². The highest BCUT2D eigenvalue weighted by Crippen LogP contribution is 2.29. The van der Waals surface area contributed by atoms with Crippen LogP contribution in [-0.2, 0) is 7.05 Å². The maximum absolute atomic E-state index is 12.7. The van der Waals surface area contributed by atoms with Gasteiger partial charge in [0.15, 0.2) is 17.0 Å². The van der Waals surface area contributed by atoms with Crippen LogP contribution in [-0.4, -0.2) is 37.4 Å². The summed E-state index contributed by atoms with van der Waals surface area (Å²) in [7, 11) is 1.49. The minimum absolute atomic E-state index is 0.0395. The molecule has 0 saturated heterocycles. The van der Waals surface area contributed by atoms with Gasteiger partial charge < -0.3 is 11.1 Å². The molecule has 1 saturated carbocycles. The zero-order valence-corrected chi connectivity index (χ0v) is 16.5. The predicted molar refractivity (Wildman–Crippen MR) is 112 cm³/mol. The van der Waals surface area contributed by atoms with Gasteiger partial charge in [0.05, 0.1) is 0 Å². The zero-order chi connectivity index (χ0) is 20.4. The summed E-state index contributed by atoms with van der Waals surface area (Å²) in [5.74, 6) is 0.361. The molecule has 0 radical (unpaired) electrons. The van der Waals surface area contributed by atoms with Gasteiger partial charge in [0.1, 0.15) is 0 Å². The molecule has 0 atom stereocenters. The van der Waals surface area contributed by atoms with E-state index in [0.717, 1.165) is 54.5 Å². The number of nitrogens with one attached hydrogen (secondary N) is 1. The molecule has 9 heteroatoms. The molecule has 1 fully saturated rings. The van der Waals surface area contributed by atoms with Gasteiger partial charge in [-0.1, -0.05) is 12.8 Å². The highest BCUT2D eigenvalue weighted by atomic mass is 16.2. The van der Waals surface area contributed by atoms with Crippen molar-refractivity contribution in [3.63, 3.8) is 0 Å². The van der Waals surface area contributed by atoms with E-state index in [0.29, 0.717) is 12.4 Å². The van der Waals surface area contributed by atoms with Gasteiger partial charge >= 0.3 is 5.69 Å². The first-order valence-electron chi connectivity index (χ1n) is 10.0. The fourth-order valence-electron chi connectivity index (χ4n) is 3.81. The maximum atomic E-state index is 12.7. The van der Waals surface area contributed by atoms with Crippen molar-refractivity contribution >= 4 is 16.9 Å². The molecule has 29 heavy (non-hydrogen) atoms. The van der Waals surface area contributed by atoms with E-state index in [1.54, 1.807) is 4.57 Å². The molecule has 0 spiro atoms. The molecule has 1 aromatic carbocycles. The molecule has 3 aromatic rings. The van der Waals surface area contributed by atoms with Crippen LogP contribution < -0.4 is 22.3 Å². The molecular weight excluding hydrogens is 370 g/mol. The van der Waals surface area contributed by atoms with Gasteiger partial charge in [0.2, 0.25) is 0 Å². The molecule has 4 rings (SSSR count). The summed E-state index contributed by atoms with van der Waals surface area (Å²) in [6.07, 6.45) is 4.81. The lowest BCUT2D eigenvalue weighted by atomic mass is 10.2. The summed E-state index contributed by atoms with van der Waals surface area (Å²) in [6.45, 7) is 1.45. The topological polar surface area (TPSA) is 121 Å². The summed E-state index contributed by atoms with van der Waals surface area (Å²) in [5.41, 5.74) is 6.88. The van der Waals surface area contributed by atoms with Gasteiger partial charge in [-0.15, -0.1) is 10.2 Å². The van der Waals surface area contributed by atoms with E-state index in [9.17, 15) is 9.59 Å². The number of rotatable bonds is 6.